The van der Waals surface area contributed by atoms with Crippen LogP contribution < -0.4 is 5.32 Å². The number of nitrogens with one attached hydrogen (secondary N) is 1. The molecule has 3 rings (SSSR count). The zero-order chi connectivity index (χ0) is 18.2. The number of rotatable bonds is 7. The Morgan fingerprint density at radius 2 is 2.19 bits per heavy atom. The molecule has 0 saturated carbocycles. The van der Waals surface area contributed by atoms with Gasteiger partial charge >= 0.3 is 0 Å². The van der Waals surface area contributed by atoms with E-state index in [1.54, 1.807) is 12.4 Å². The van der Waals surface area contributed by atoms with Gasteiger partial charge in [-0.1, -0.05) is 0 Å². The molecule has 1 saturated heterocycles. The molecule has 3 heterocycles. The van der Waals surface area contributed by atoms with Crippen molar-refractivity contribution in [3.63, 3.8) is 0 Å². The second kappa shape index (κ2) is 9.31. The van der Waals surface area contributed by atoms with E-state index in [2.05, 4.69) is 20.4 Å². The van der Waals surface area contributed by atoms with Crippen LogP contribution in [0, 0.1) is 5.92 Å². The van der Waals surface area contributed by atoms with Gasteiger partial charge in [-0.3, -0.25) is 14.5 Å². The molecule has 0 aromatic carbocycles. The van der Waals surface area contributed by atoms with Crippen LogP contribution in [0.15, 0.2) is 30.9 Å². The Labute approximate surface area is 154 Å². The fourth-order valence-corrected chi connectivity index (χ4v) is 3.49. The van der Waals surface area contributed by atoms with Gasteiger partial charge in [0.25, 0.3) is 0 Å². The molecule has 7 nitrogen and oxygen atoms in total. The first-order valence-corrected chi connectivity index (χ1v) is 9.48. The van der Waals surface area contributed by atoms with Crippen LogP contribution in [-0.4, -0.2) is 50.7 Å². The minimum absolute atomic E-state index is 0.274. The molecule has 1 aliphatic heterocycles. The number of hydrogen-bond donors (Lipinski definition) is 1. The molecule has 7 heteroatoms. The Hall–Kier alpha value is -2.44. The predicted molar refractivity (Wildman–Crippen MR) is 101 cm³/mol. The number of nitrogens with zero attached hydrogens (tertiary/aromatic N) is 5. The fraction of sp³-hybridized carbons (Fsp3) is 0.579. The Balaban J connectivity index is 1.42. The minimum atomic E-state index is 0.274. The summed E-state index contributed by atoms with van der Waals surface area (Å²) in [5.74, 6) is 1.64. The van der Waals surface area contributed by atoms with Crippen molar-refractivity contribution in [3.05, 3.63) is 36.5 Å². The van der Waals surface area contributed by atoms with Gasteiger partial charge in [-0.05, 0) is 44.1 Å². The summed E-state index contributed by atoms with van der Waals surface area (Å²) in [5, 5.41) is 7.17. The van der Waals surface area contributed by atoms with Gasteiger partial charge in [0, 0.05) is 45.5 Å². The molecule has 2 aromatic rings. The second-order valence-corrected chi connectivity index (χ2v) is 6.90. The van der Waals surface area contributed by atoms with Crippen LogP contribution >= 0.6 is 0 Å². The molecule has 0 bridgehead atoms. The van der Waals surface area contributed by atoms with Crippen LogP contribution in [0.5, 0.6) is 0 Å². The average molecular weight is 356 g/mol. The molecule has 1 amide bonds. The van der Waals surface area contributed by atoms with Gasteiger partial charge in [-0.25, -0.2) is 4.98 Å². The standard InChI is InChI=1S/C19H28N6O/c1-20-18-15-21-17(14-22-18)13-16-5-2-9-24(12-7-16)19(26)6-3-10-25-11-4-8-23-25/h4,8,11,14-16H,2-3,5-7,9-10,12-13H2,1H3,(H,20,22)/t16-/m1/s1. The third kappa shape index (κ3) is 5.28. The summed E-state index contributed by atoms with van der Waals surface area (Å²) in [7, 11) is 1.84. The number of amides is 1. The van der Waals surface area contributed by atoms with E-state index in [9.17, 15) is 4.79 Å². The second-order valence-electron chi connectivity index (χ2n) is 6.90. The van der Waals surface area contributed by atoms with E-state index >= 15 is 0 Å². The lowest BCUT2D eigenvalue weighted by atomic mass is 9.95. The third-order valence-electron chi connectivity index (χ3n) is 5.00. The van der Waals surface area contributed by atoms with Crippen molar-refractivity contribution in [2.75, 3.05) is 25.5 Å². The smallest absolute Gasteiger partial charge is 0.222 e. The van der Waals surface area contributed by atoms with Crippen molar-refractivity contribution in [1.29, 1.82) is 0 Å². The van der Waals surface area contributed by atoms with Gasteiger partial charge in [0.2, 0.25) is 5.91 Å². The monoisotopic (exact) mass is 356 g/mol. The minimum Gasteiger partial charge on any atom is -0.372 e. The van der Waals surface area contributed by atoms with Crippen LogP contribution in [0.3, 0.4) is 0 Å². The van der Waals surface area contributed by atoms with E-state index < -0.39 is 0 Å². The quantitative estimate of drug-likeness (QED) is 0.824. The van der Waals surface area contributed by atoms with Crippen LogP contribution in [-0.2, 0) is 17.8 Å². The normalized spacial score (nSPS) is 17.7. The van der Waals surface area contributed by atoms with Gasteiger partial charge in [-0.2, -0.15) is 5.10 Å². The molecule has 1 fully saturated rings. The highest BCUT2D eigenvalue weighted by molar-refractivity contribution is 5.76. The number of carbonyl (C=O) groups excluding carboxylic acids is 1. The summed E-state index contributed by atoms with van der Waals surface area (Å²) < 4.78 is 1.88. The number of likely N-dealkylation sites (tertiary alicyclic amines) is 1. The third-order valence-corrected chi connectivity index (χ3v) is 5.00. The van der Waals surface area contributed by atoms with Gasteiger partial charge < -0.3 is 10.2 Å². The number of aromatic nitrogens is 4. The molecule has 0 radical (unpaired) electrons. The van der Waals surface area contributed by atoms with Crippen molar-refractivity contribution in [2.24, 2.45) is 5.92 Å². The van der Waals surface area contributed by atoms with E-state index in [4.69, 9.17) is 0 Å². The largest absolute Gasteiger partial charge is 0.372 e. The molecule has 1 aliphatic rings. The van der Waals surface area contributed by atoms with Gasteiger partial charge in [0.05, 0.1) is 18.1 Å². The molecule has 0 spiro atoms. The van der Waals surface area contributed by atoms with E-state index in [1.165, 1.54) is 0 Å². The van der Waals surface area contributed by atoms with Crippen LogP contribution in [0.25, 0.3) is 0 Å². The summed E-state index contributed by atoms with van der Waals surface area (Å²) in [6.45, 7) is 2.53. The van der Waals surface area contributed by atoms with Gasteiger partial charge in [0.1, 0.15) is 5.82 Å². The van der Waals surface area contributed by atoms with E-state index in [0.29, 0.717) is 12.3 Å². The number of hydrogen-bond acceptors (Lipinski definition) is 5. The first kappa shape index (κ1) is 18.4. The van der Waals surface area contributed by atoms with Crippen LogP contribution in [0.1, 0.15) is 37.8 Å². The Kier molecular flexibility index (Phi) is 6.57. The highest BCUT2D eigenvalue weighted by Crippen LogP contribution is 2.22. The van der Waals surface area contributed by atoms with Crippen molar-refractivity contribution >= 4 is 11.7 Å². The highest BCUT2D eigenvalue weighted by Gasteiger charge is 2.21. The lowest BCUT2D eigenvalue weighted by Gasteiger charge is -2.20. The molecule has 0 aliphatic carbocycles. The molecule has 140 valence electrons. The summed E-state index contributed by atoms with van der Waals surface area (Å²) in [6, 6.07) is 1.91. The fourth-order valence-electron chi connectivity index (χ4n) is 3.49. The van der Waals surface area contributed by atoms with E-state index in [-0.39, 0.29) is 5.91 Å². The highest BCUT2D eigenvalue weighted by atomic mass is 16.2. The van der Waals surface area contributed by atoms with Crippen molar-refractivity contribution in [1.82, 2.24) is 24.6 Å². The van der Waals surface area contributed by atoms with Crippen molar-refractivity contribution < 1.29 is 4.79 Å². The first-order chi connectivity index (χ1) is 12.7. The van der Waals surface area contributed by atoms with Crippen LogP contribution in [0.4, 0.5) is 5.82 Å². The predicted octanol–water partition coefficient (Wildman–Crippen LogP) is 2.37. The lowest BCUT2D eigenvalue weighted by Crippen LogP contribution is -2.32. The number of aryl methyl sites for hydroxylation is 1. The summed E-state index contributed by atoms with van der Waals surface area (Å²) in [4.78, 5) is 23.3. The Morgan fingerprint density at radius 3 is 2.92 bits per heavy atom. The number of carbonyl (C=O) groups is 1. The van der Waals surface area contributed by atoms with E-state index in [0.717, 1.165) is 63.3 Å². The topological polar surface area (TPSA) is 75.9 Å². The maximum Gasteiger partial charge on any atom is 0.222 e. The van der Waals surface area contributed by atoms with Gasteiger partial charge in [0.15, 0.2) is 0 Å². The molecule has 1 N–H and O–H groups in total. The molecule has 1 atom stereocenters. The Bertz CT molecular complexity index is 670. The summed E-state index contributed by atoms with van der Waals surface area (Å²) in [6.07, 6.45) is 13.0. The van der Waals surface area contributed by atoms with Gasteiger partial charge in [-0.15, -0.1) is 0 Å². The summed E-state index contributed by atoms with van der Waals surface area (Å²) in [5.41, 5.74) is 1.04. The molecular weight excluding hydrogens is 328 g/mol. The average Bonchev–Trinajstić information content (AvgIpc) is 3.07. The number of anilines is 1. The zero-order valence-corrected chi connectivity index (χ0v) is 15.5. The van der Waals surface area contributed by atoms with Crippen molar-refractivity contribution in [3.8, 4) is 0 Å². The van der Waals surface area contributed by atoms with Crippen molar-refractivity contribution in [2.45, 2.75) is 45.1 Å². The maximum atomic E-state index is 12.5. The maximum absolute atomic E-state index is 12.5. The molecular formula is C19H28N6O. The van der Waals surface area contributed by atoms with Crippen LogP contribution in [0.2, 0.25) is 0 Å². The molecule has 2 aromatic heterocycles. The zero-order valence-electron chi connectivity index (χ0n) is 15.5. The lowest BCUT2D eigenvalue weighted by molar-refractivity contribution is -0.131. The SMILES string of the molecule is CNc1cnc(C[C@@H]2CCCN(C(=O)CCCn3cccn3)CC2)cn1. The molecule has 0 unspecified atom stereocenters. The van der Waals surface area contributed by atoms with E-state index in [1.807, 2.05) is 35.1 Å². The summed E-state index contributed by atoms with van der Waals surface area (Å²) >= 11 is 0. The first-order valence-electron chi connectivity index (χ1n) is 9.48. The Morgan fingerprint density at radius 1 is 1.27 bits per heavy atom. The molecule has 26 heavy (non-hydrogen) atoms.